The van der Waals surface area contributed by atoms with Crippen LogP contribution in [0.25, 0.3) is 0 Å². The van der Waals surface area contributed by atoms with E-state index in [0.717, 1.165) is 37.9 Å². The minimum Gasteiger partial charge on any atom is -0.266 e. The second kappa shape index (κ2) is 5.59. The van der Waals surface area contributed by atoms with E-state index >= 15 is 0 Å². The standard InChI is InChI=1S/C11H14N4O4/c16-14(17)9-6-10(15(18)19)11(12-7-9)13-8-4-2-1-3-5-8/h6-8H,1-5H2,(H,12,13)/p+1. The van der Waals surface area contributed by atoms with Crippen LogP contribution in [0.2, 0.25) is 0 Å². The first-order valence-corrected chi connectivity index (χ1v) is 6.19. The SMILES string of the molecule is O=[N+]([O-])c1c[nH+]c(NC2CCCCC2)c([N+](=O)[O-])c1. The zero-order chi connectivity index (χ0) is 13.8. The monoisotopic (exact) mass is 267 g/mol. The van der Waals surface area contributed by atoms with Crippen LogP contribution in [0.3, 0.4) is 0 Å². The number of anilines is 1. The maximum atomic E-state index is 11.0. The van der Waals surface area contributed by atoms with Gasteiger partial charge in [-0.3, -0.25) is 25.5 Å². The van der Waals surface area contributed by atoms with E-state index in [2.05, 4.69) is 10.3 Å². The van der Waals surface area contributed by atoms with Crippen LogP contribution >= 0.6 is 0 Å². The lowest BCUT2D eigenvalue weighted by Crippen LogP contribution is -2.27. The number of H-pyrrole nitrogens is 1. The summed E-state index contributed by atoms with van der Waals surface area (Å²) in [6.45, 7) is 0. The number of hydrogen-bond acceptors (Lipinski definition) is 5. The molecule has 0 aromatic carbocycles. The fourth-order valence-corrected chi connectivity index (χ4v) is 2.29. The van der Waals surface area contributed by atoms with Crippen LogP contribution in [0, 0.1) is 20.2 Å². The van der Waals surface area contributed by atoms with Crippen LogP contribution in [0.1, 0.15) is 32.1 Å². The highest BCUT2D eigenvalue weighted by molar-refractivity contribution is 5.55. The zero-order valence-electron chi connectivity index (χ0n) is 10.3. The number of nitro groups is 2. The molecule has 0 bridgehead atoms. The van der Waals surface area contributed by atoms with Crippen LogP contribution < -0.4 is 10.3 Å². The Morgan fingerprint density at radius 2 is 1.84 bits per heavy atom. The average Bonchev–Trinajstić information content (AvgIpc) is 2.39. The largest absolute Gasteiger partial charge is 0.364 e. The summed E-state index contributed by atoms with van der Waals surface area (Å²) in [6.07, 6.45) is 6.46. The third-order valence-electron chi connectivity index (χ3n) is 3.27. The highest BCUT2D eigenvalue weighted by Crippen LogP contribution is 2.27. The number of aromatic nitrogens is 1. The molecule has 0 saturated heterocycles. The van der Waals surface area contributed by atoms with Crippen LogP contribution in [0.4, 0.5) is 17.2 Å². The Hall–Kier alpha value is -2.25. The summed E-state index contributed by atoms with van der Waals surface area (Å²) in [5.74, 6) is 0.238. The molecule has 1 aromatic heterocycles. The predicted molar refractivity (Wildman–Crippen MR) is 66.8 cm³/mol. The minimum absolute atomic E-state index is 0.185. The van der Waals surface area contributed by atoms with Crippen molar-refractivity contribution in [2.75, 3.05) is 5.32 Å². The third kappa shape index (κ3) is 3.15. The van der Waals surface area contributed by atoms with E-state index in [-0.39, 0.29) is 23.2 Å². The van der Waals surface area contributed by atoms with Gasteiger partial charge in [0.05, 0.1) is 15.9 Å². The molecule has 2 N–H and O–H groups in total. The molecule has 0 atom stereocenters. The molecule has 0 amide bonds. The molecular weight excluding hydrogens is 252 g/mol. The van der Waals surface area contributed by atoms with E-state index in [1.54, 1.807) is 0 Å². The molecule has 0 aliphatic heterocycles. The molecule has 1 heterocycles. The summed E-state index contributed by atoms with van der Waals surface area (Å²) < 4.78 is 0. The van der Waals surface area contributed by atoms with Gasteiger partial charge in [0.1, 0.15) is 6.07 Å². The second-order valence-electron chi connectivity index (χ2n) is 4.61. The highest BCUT2D eigenvalue weighted by atomic mass is 16.6. The van der Waals surface area contributed by atoms with Crippen LogP contribution in [0.15, 0.2) is 12.3 Å². The molecule has 0 radical (unpaired) electrons. The van der Waals surface area contributed by atoms with Gasteiger partial charge < -0.3 is 0 Å². The van der Waals surface area contributed by atoms with Crippen LogP contribution in [0.5, 0.6) is 0 Å². The molecule has 1 aromatic rings. The summed E-state index contributed by atoms with van der Waals surface area (Å²) in [5.41, 5.74) is -0.610. The molecular formula is C11H15N4O4+. The summed E-state index contributed by atoms with van der Waals surface area (Å²) in [5, 5.41) is 24.7. The van der Waals surface area contributed by atoms with Gasteiger partial charge in [-0.15, -0.1) is 0 Å². The number of hydrogen-bond donors (Lipinski definition) is 1. The Kier molecular flexibility index (Phi) is 3.88. The van der Waals surface area contributed by atoms with Crippen molar-refractivity contribution in [2.24, 2.45) is 0 Å². The minimum atomic E-state index is -0.659. The van der Waals surface area contributed by atoms with Crippen molar-refractivity contribution in [1.82, 2.24) is 0 Å². The highest BCUT2D eigenvalue weighted by Gasteiger charge is 2.28. The first-order chi connectivity index (χ1) is 9.08. The quantitative estimate of drug-likeness (QED) is 0.662. The van der Waals surface area contributed by atoms with Gasteiger partial charge in [-0.25, -0.2) is 4.98 Å². The first kappa shape index (κ1) is 13.2. The van der Waals surface area contributed by atoms with Crippen molar-refractivity contribution in [3.05, 3.63) is 32.5 Å². The molecule has 1 aliphatic carbocycles. The van der Waals surface area contributed by atoms with Gasteiger partial charge in [0.25, 0.3) is 0 Å². The Morgan fingerprint density at radius 1 is 1.16 bits per heavy atom. The Labute approximate surface area is 109 Å². The fourth-order valence-electron chi connectivity index (χ4n) is 2.29. The van der Waals surface area contributed by atoms with E-state index in [4.69, 9.17) is 0 Å². The maximum Gasteiger partial charge on any atom is 0.364 e. The number of rotatable bonds is 4. The molecule has 2 rings (SSSR count). The molecule has 1 fully saturated rings. The van der Waals surface area contributed by atoms with Crippen molar-refractivity contribution in [3.63, 3.8) is 0 Å². The van der Waals surface area contributed by atoms with Crippen molar-refractivity contribution in [1.29, 1.82) is 0 Å². The van der Waals surface area contributed by atoms with E-state index in [0.29, 0.717) is 0 Å². The van der Waals surface area contributed by atoms with Gasteiger partial charge in [-0.1, -0.05) is 6.42 Å². The van der Waals surface area contributed by atoms with Gasteiger partial charge >= 0.3 is 17.2 Å². The number of nitrogens with zero attached hydrogens (tertiary/aromatic N) is 2. The zero-order valence-corrected chi connectivity index (χ0v) is 10.3. The second-order valence-corrected chi connectivity index (χ2v) is 4.61. The fraction of sp³-hybridized carbons (Fsp3) is 0.545. The van der Waals surface area contributed by atoms with E-state index in [1.807, 2.05) is 0 Å². The van der Waals surface area contributed by atoms with Crippen molar-refractivity contribution < 1.29 is 14.8 Å². The molecule has 0 unspecified atom stereocenters. The van der Waals surface area contributed by atoms with E-state index < -0.39 is 9.85 Å². The van der Waals surface area contributed by atoms with Crippen LogP contribution in [-0.4, -0.2) is 15.9 Å². The molecule has 1 saturated carbocycles. The number of nitrogens with one attached hydrogen (secondary N) is 2. The van der Waals surface area contributed by atoms with E-state index in [9.17, 15) is 20.2 Å². The summed E-state index contributed by atoms with van der Waals surface area (Å²) in [6, 6.07) is 1.16. The van der Waals surface area contributed by atoms with Gasteiger partial charge in [-0.2, -0.15) is 0 Å². The topological polar surface area (TPSA) is 112 Å². The van der Waals surface area contributed by atoms with Crippen molar-refractivity contribution in [3.8, 4) is 0 Å². The lowest BCUT2D eigenvalue weighted by molar-refractivity contribution is -0.430. The smallest absolute Gasteiger partial charge is 0.266 e. The van der Waals surface area contributed by atoms with Crippen molar-refractivity contribution >= 4 is 17.2 Å². The number of pyridine rings is 1. The third-order valence-corrected chi connectivity index (χ3v) is 3.27. The Bertz CT molecular complexity index is 499. The summed E-state index contributed by atoms with van der Waals surface area (Å²) in [7, 11) is 0. The summed E-state index contributed by atoms with van der Waals surface area (Å²) >= 11 is 0. The molecule has 102 valence electrons. The van der Waals surface area contributed by atoms with E-state index in [1.165, 1.54) is 6.42 Å². The lowest BCUT2D eigenvalue weighted by atomic mass is 9.95. The lowest BCUT2D eigenvalue weighted by Gasteiger charge is -2.18. The molecule has 19 heavy (non-hydrogen) atoms. The van der Waals surface area contributed by atoms with Crippen molar-refractivity contribution in [2.45, 2.75) is 38.1 Å². The predicted octanol–water partition coefficient (Wildman–Crippen LogP) is 2.06. The number of aromatic amines is 1. The molecule has 8 heteroatoms. The van der Waals surface area contributed by atoms with Gasteiger partial charge in [0.15, 0.2) is 6.20 Å². The van der Waals surface area contributed by atoms with Gasteiger partial charge in [0.2, 0.25) is 0 Å². The first-order valence-electron chi connectivity index (χ1n) is 6.19. The van der Waals surface area contributed by atoms with Crippen LogP contribution in [-0.2, 0) is 0 Å². The Balaban J connectivity index is 2.23. The summed E-state index contributed by atoms with van der Waals surface area (Å²) in [4.78, 5) is 22.9. The average molecular weight is 267 g/mol. The molecule has 1 aliphatic rings. The molecule has 8 nitrogen and oxygen atoms in total. The Morgan fingerprint density at radius 3 is 2.42 bits per heavy atom. The van der Waals surface area contributed by atoms with Gasteiger partial charge in [0, 0.05) is 0 Å². The maximum absolute atomic E-state index is 11.0. The normalized spacial score (nSPS) is 16.0. The molecule has 0 spiro atoms. The van der Waals surface area contributed by atoms with Gasteiger partial charge in [-0.05, 0) is 25.7 Å².